The van der Waals surface area contributed by atoms with Gasteiger partial charge in [-0.15, -0.1) is 0 Å². The maximum absolute atomic E-state index is 12.2. The van der Waals surface area contributed by atoms with Crippen LogP contribution >= 0.6 is 0 Å². The normalized spacial score (nSPS) is 11.6. The van der Waals surface area contributed by atoms with Crippen LogP contribution in [0.25, 0.3) is 0 Å². The van der Waals surface area contributed by atoms with Crippen molar-refractivity contribution in [2.24, 2.45) is 0 Å². The number of ether oxygens (including phenoxy) is 2. The molecule has 2 aromatic carbocycles. The van der Waals surface area contributed by atoms with Crippen molar-refractivity contribution in [2.75, 3.05) is 18.5 Å². The van der Waals surface area contributed by atoms with Crippen molar-refractivity contribution in [3.8, 4) is 11.5 Å². The van der Waals surface area contributed by atoms with E-state index in [1.54, 1.807) is 0 Å². The molecule has 5 heteroatoms. The Morgan fingerprint density at radius 2 is 1.70 bits per heavy atom. The summed E-state index contributed by atoms with van der Waals surface area (Å²) in [5.74, 6) is 1.69. The van der Waals surface area contributed by atoms with Crippen LogP contribution in [-0.2, 0) is 0 Å². The van der Waals surface area contributed by atoms with Gasteiger partial charge in [-0.05, 0) is 62.6 Å². The molecule has 0 aromatic heterocycles. The maximum atomic E-state index is 12.2. The van der Waals surface area contributed by atoms with E-state index in [1.807, 2.05) is 63.2 Å². The molecule has 0 saturated heterocycles. The number of carbonyl (C=O) groups is 1. The first-order valence-electron chi connectivity index (χ1n) is 9.49. The van der Waals surface area contributed by atoms with E-state index in [9.17, 15) is 4.79 Å². The highest BCUT2D eigenvalue weighted by Gasteiger charge is 2.10. The van der Waals surface area contributed by atoms with Crippen molar-refractivity contribution >= 4 is 11.7 Å². The summed E-state index contributed by atoms with van der Waals surface area (Å²) >= 11 is 0. The first kappa shape index (κ1) is 20.6. The number of unbranched alkanes of at least 4 members (excludes halogenated alkanes) is 1. The molecule has 0 fully saturated rings. The van der Waals surface area contributed by atoms with Gasteiger partial charge >= 0.3 is 6.03 Å². The van der Waals surface area contributed by atoms with Gasteiger partial charge in [0.1, 0.15) is 18.1 Å². The fourth-order valence-electron chi connectivity index (χ4n) is 2.64. The molecule has 2 rings (SSSR count). The molecule has 0 aliphatic rings. The third-order valence-electron chi connectivity index (χ3n) is 4.14. The van der Waals surface area contributed by atoms with E-state index < -0.39 is 0 Å². The molecule has 0 spiro atoms. The molecular weight excluding hydrogens is 340 g/mol. The molecule has 146 valence electrons. The summed E-state index contributed by atoms with van der Waals surface area (Å²) in [6.45, 7) is 9.19. The molecule has 2 amide bonds. The van der Waals surface area contributed by atoms with Crippen LogP contribution in [0.1, 0.15) is 37.8 Å². The van der Waals surface area contributed by atoms with E-state index in [0.717, 1.165) is 41.2 Å². The van der Waals surface area contributed by atoms with Crippen LogP contribution in [0.2, 0.25) is 0 Å². The molecule has 0 radical (unpaired) electrons. The summed E-state index contributed by atoms with van der Waals surface area (Å²) in [6.07, 6.45) is 2.13. The third-order valence-corrected chi connectivity index (χ3v) is 4.14. The Balaban J connectivity index is 1.77. The number of rotatable bonds is 9. The van der Waals surface area contributed by atoms with Crippen molar-refractivity contribution in [1.29, 1.82) is 0 Å². The van der Waals surface area contributed by atoms with Crippen LogP contribution in [0.5, 0.6) is 11.5 Å². The highest BCUT2D eigenvalue weighted by molar-refractivity contribution is 5.89. The van der Waals surface area contributed by atoms with Crippen molar-refractivity contribution < 1.29 is 14.3 Å². The van der Waals surface area contributed by atoms with Gasteiger partial charge in [0, 0.05) is 5.69 Å². The number of carbonyl (C=O) groups excluding carboxylic acids is 1. The topological polar surface area (TPSA) is 59.6 Å². The second-order valence-electron chi connectivity index (χ2n) is 6.76. The van der Waals surface area contributed by atoms with Gasteiger partial charge in [-0.3, -0.25) is 0 Å². The molecule has 0 aliphatic heterocycles. The SMILES string of the molecule is CCCCOc1ccc(NC(=O)NC(C)COc2c(C)cccc2C)cc1. The number of nitrogens with one attached hydrogen (secondary N) is 2. The zero-order chi connectivity index (χ0) is 19.6. The third kappa shape index (κ3) is 6.85. The highest BCUT2D eigenvalue weighted by atomic mass is 16.5. The number of hydrogen-bond donors (Lipinski definition) is 2. The Labute approximate surface area is 162 Å². The molecule has 5 nitrogen and oxygen atoms in total. The molecule has 1 unspecified atom stereocenters. The summed E-state index contributed by atoms with van der Waals surface area (Å²) in [7, 11) is 0. The Kier molecular flexibility index (Phi) is 7.99. The monoisotopic (exact) mass is 370 g/mol. The van der Waals surface area contributed by atoms with Crippen LogP contribution in [-0.4, -0.2) is 25.3 Å². The van der Waals surface area contributed by atoms with Gasteiger partial charge in [-0.1, -0.05) is 31.5 Å². The van der Waals surface area contributed by atoms with Crippen molar-refractivity contribution in [2.45, 2.75) is 46.6 Å². The van der Waals surface area contributed by atoms with E-state index in [-0.39, 0.29) is 12.1 Å². The fourth-order valence-corrected chi connectivity index (χ4v) is 2.64. The lowest BCUT2D eigenvalue weighted by Crippen LogP contribution is -2.39. The van der Waals surface area contributed by atoms with Crippen LogP contribution < -0.4 is 20.1 Å². The number of amides is 2. The summed E-state index contributed by atoms with van der Waals surface area (Å²) in [5, 5.41) is 5.71. The van der Waals surface area contributed by atoms with E-state index in [1.165, 1.54) is 0 Å². The van der Waals surface area contributed by atoms with Gasteiger partial charge in [0.05, 0.1) is 12.6 Å². The number of urea groups is 1. The van der Waals surface area contributed by atoms with Gasteiger partial charge in [0.15, 0.2) is 0 Å². The number of hydrogen-bond acceptors (Lipinski definition) is 3. The minimum absolute atomic E-state index is 0.124. The Morgan fingerprint density at radius 3 is 2.33 bits per heavy atom. The number of benzene rings is 2. The van der Waals surface area contributed by atoms with Crippen molar-refractivity contribution in [3.05, 3.63) is 53.6 Å². The number of para-hydroxylation sites is 1. The molecule has 27 heavy (non-hydrogen) atoms. The largest absolute Gasteiger partial charge is 0.494 e. The van der Waals surface area contributed by atoms with E-state index >= 15 is 0 Å². The van der Waals surface area contributed by atoms with Crippen LogP contribution in [0.3, 0.4) is 0 Å². The smallest absolute Gasteiger partial charge is 0.319 e. The molecule has 2 aromatic rings. The van der Waals surface area contributed by atoms with E-state index in [2.05, 4.69) is 17.6 Å². The Morgan fingerprint density at radius 1 is 1.04 bits per heavy atom. The average Bonchev–Trinajstić information content (AvgIpc) is 2.63. The number of aryl methyl sites for hydroxylation is 2. The molecule has 0 saturated carbocycles. The minimum Gasteiger partial charge on any atom is -0.494 e. The minimum atomic E-state index is -0.257. The molecular formula is C22H30N2O3. The first-order valence-corrected chi connectivity index (χ1v) is 9.49. The predicted molar refractivity (Wildman–Crippen MR) is 110 cm³/mol. The van der Waals surface area contributed by atoms with E-state index in [4.69, 9.17) is 9.47 Å². The zero-order valence-corrected chi connectivity index (χ0v) is 16.7. The fraction of sp³-hybridized carbons (Fsp3) is 0.409. The lowest BCUT2D eigenvalue weighted by molar-refractivity contribution is 0.236. The zero-order valence-electron chi connectivity index (χ0n) is 16.7. The summed E-state index contributed by atoms with van der Waals surface area (Å²) in [6, 6.07) is 13.0. The molecule has 2 N–H and O–H groups in total. The summed E-state index contributed by atoms with van der Waals surface area (Å²) < 4.78 is 11.5. The second kappa shape index (κ2) is 10.5. The van der Waals surface area contributed by atoms with Crippen molar-refractivity contribution in [3.63, 3.8) is 0 Å². The lowest BCUT2D eigenvalue weighted by Gasteiger charge is -2.18. The molecule has 0 bridgehead atoms. The average molecular weight is 370 g/mol. The maximum Gasteiger partial charge on any atom is 0.319 e. The molecule has 0 aliphatic carbocycles. The molecule has 0 heterocycles. The first-order chi connectivity index (χ1) is 13.0. The predicted octanol–water partition coefficient (Wildman–Crippen LogP) is 5.07. The highest BCUT2D eigenvalue weighted by Crippen LogP contribution is 2.22. The standard InChI is InChI=1S/C22H30N2O3/c1-5-6-14-26-20-12-10-19(11-13-20)24-22(25)23-18(4)15-27-21-16(2)8-7-9-17(21)3/h7-13,18H,5-6,14-15H2,1-4H3,(H2,23,24,25). The van der Waals surface area contributed by atoms with Gasteiger partial charge in [0.25, 0.3) is 0 Å². The van der Waals surface area contributed by atoms with Gasteiger partial charge in [-0.2, -0.15) is 0 Å². The van der Waals surface area contributed by atoms with Crippen molar-refractivity contribution in [1.82, 2.24) is 5.32 Å². The summed E-state index contributed by atoms with van der Waals surface area (Å²) in [5.41, 5.74) is 2.90. The van der Waals surface area contributed by atoms with Crippen LogP contribution in [0, 0.1) is 13.8 Å². The Hall–Kier alpha value is -2.69. The van der Waals surface area contributed by atoms with Crippen LogP contribution in [0.15, 0.2) is 42.5 Å². The van der Waals surface area contributed by atoms with Gasteiger partial charge in [0.2, 0.25) is 0 Å². The van der Waals surface area contributed by atoms with E-state index in [0.29, 0.717) is 13.2 Å². The van der Waals surface area contributed by atoms with Gasteiger partial charge < -0.3 is 20.1 Å². The quantitative estimate of drug-likeness (QED) is 0.606. The van der Waals surface area contributed by atoms with Crippen LogP contribution in [0.4, 0.5) is 10.5 Å². The molecule has 1 atom stereocenters. The Bertz CT molecular complexity index is 709. The van der Waals surface area contributed by atoms with Gasteiger partial charge in [-0.25, -0.2) is 4.79 Å². The lowest BCUT2D eigenvalue weighted by atomic mass is 10.1. The summed E-state index contributed by atoms with van der Waals surface area (Å²) in [4.78, 5) is 12.2. The number of anilines is 1. The second-order valence-corrected chi connectivity index (χ2v) is 6.76.